The number of aromatic amines is 1. The van der Waals surface area contributed by atoms with Crippen molar-refractivity contribution in [3.63, 3.8) is 0 Å². The van der Waals surface area contributed by atoms with E-state index in [0.29, 0.717) is 30.5 Å². The number of hydrogen-bond acceptors (Lipinski definition) is 3. The predicted molar refractivity (Wildman–Crippen MR) is 115 cm³/mol. The number of H-pyrrole nitrogens is 1. The Morgan fingerprint density at radius 3 is 2.76 bits per heavy atom. The lowest BCUT2D eigenvalue weighted by Crippen LogP contribution is -2.45. The van der Waals surface area contributed by atoms with Crippen LogP contribution in [0.3, 0.4) is 0 Å². The van der Waals surface area contributed by atoms with Gasteiger partial charge in [0.2, 0.25) is 0 Å². The van der Waals surface area contributed by atoms with E-state index in [-0.39, 0.29) is 11.3 Å². The van der Waals surface area contributed by atoms with Gasteiger partial charge in [0.05, 0.1) is 7.11 Å². The predicted octanol–water partition coefficient (Wildman–Crippen LogP) is 4.62. The van der Waals surface area contributed by atoms with E-state index >= 15 is 0 Å². The normalized spacial score (nSPS) is 16.0. The summed E-state index contributed by atoms with van der Waals surface area (Å²) >= 11 is 6.05. The molecule has 0 radical (unpaired) electrons. The van der Waals surface area contributed by atoms with Crippen LogP contribution in [0.15, 0.2) is 42.5 Å². The standard InChI is InChI=1S/C23H25ClN2O3/c1-15-3-6-21(28-2)18(11-15)23(7-9-29-10-8-23)14-25-22(27)20-12-16-4-5-17(24)13-19(16)26-20/h3-6,11-13,26H,7-10,14H2,1-2H3,(H,25,27). The van der Waals surface area contributed by atoms with Gasteiger partial charge >= 0.3 is 0 Å². The number of carbonyl (C=O) groups excluding carboxylic acids is 1. The summed E-state index contributed by atoms with van der Waals surface area (Å²) in [5.74, 6) is 0.724. The number of halogens is 1. The van der Waals surface area contributed by atoms with E-state index in [1.165, 1.54) is 5.56 Å². The van der Waals surface area contributed by atoms with Crippen molar-refractivity contribution in [1.82, 2.24) is 10.3 Å². The zero-order chi connectivity index (χ0) is 20.4. The number of aryl methyl sites for hydroxylation is 1. The molecule has 0 spiro atoms. The third kappa shape index (κ3) is 3.98. The highest BCUT2D eigenvalue weighted by molar-refractivity contribution is 6.31. The molecule has 5 nitrogen and oxygen atoms in total. The molecule has 0 bridgehead atoms. The highest BCUT2D eigenvalue weighted by Crippen LogP contribution is 2.40. The second-order valence-electron chi connectivity index (χ2n) is 7.69. The van der Waals surface area contributed by atoms with Gasteiger partial charge in [0, 0.05) is 46.7 Å². The first-order valence-electron chi connectivity index (χ1n) is 9.80. The van der Waals surface area contributed by atoms with Crippen LogP contribution in [0.1, 0.15) is 34.5 Å². The summed E-state index contributed by atoms with van der Waals surface area (Å²) < 4.78 is 11.3. The molecule has 0 atom stereocenters. The highest BCUT2D eigenvalue weighted by Gasteiger charge is 2.37. The van der Waals surface area contributed by atoms with Gasteiger partial charge in [0.1, 0.15) is 11.4 Å². The lowest BCUT2D eigenvalue weighted by molar-refractivity contribution is 0.0478. The third-order valence-electron chi connectivity index (χ3n) is 5.79. The maximum absolute atomic E-state index is 12.9. The fourth-order valence-electron chi connectivity index (χ4n) is 4.11. The molecule has 4 rings (SSSR count). The summed E-state index contributed by atoms with van der Waals surface area (Å²) in [6.07, 6.45) is 1.66. The second kappa shape index (κ2) is 8.09. The van der Waals surface area contributed by atoms with Gasteiger partial charge in [-0.05, 0) is 44.0 Å². The molecule has 2 aromatic carbocycles. The zero-order valence-electron chi connectivity index (χ0n) is 16.7. The van der Waals surface area contributed by atoms with Crippen LogP contribution in [0.5, 0.6) is 5.75 Å². The Labute approximate surface area is 175 Å². The van der Waals surface area contributed by atoms with Crippen LogP contribution in [0, 0.1) is 6.92 Å². The molecule has 3 aromatic rings. The quantitative estimate of drug-likeness (QED) is 0.642. The van der Waals surface area contributed by atoms with Gasteiger partial charge in [-0.2, -0.15) is 0 Å². The van der Waals surface area contributed by atoms with Crippen LogP contribution in [0.25, 0.3) is 10.9 Å². The average molecular weight is 413 g/mol. The molecule has 1 saturated heterocycles. The topological polar surface area (TPSA) is 63.3 Å². The number of hydrogen-bond donors (Lipinski definition) is 2. The van der Waals surface area contributed by atoms with Gasteiger partial charge in [-0.15, -0.1) is 0 Å². The van der Waals surface area contributed by atoms with E-state index < -0.39 is 0 Å². The number of aromatic nitrogens is 1. The van der Waals surface area contributed by atoms with Gasteiger partial charge in [-0.3, -0.25) is 4.79 Å². The number of amides is 1. The summed E-state index contributed by atoms with van der Waals surface area (Å²) in [5.41, 5.74) is 3.46. The van der Waals surface area contributed by atoms with E-state index in [0.717, 1.165) is 35.1 Å². The van der Waals surface area contributed by atoms with Gasteiger partial charge in [-0.1, -0.05) is 35.4 Å². The van der Waals surface area contributed by atoms with E-state index in [9.17, 15) is 4.79 Å². The van der Waals surface area contributed by atoms with Crippen LogP contribution in [-0.4, -0.2) is 37.8 Å². The van der Waals surface area contributed by atoms with Gasteiger partial charge < -0.3 is 19.8 Å². The largest absolute Gasteiger partial charge is 0.496 e. The summed E-state index contributed by atoms with van der Waals surface area (Å²) in [7, 11) is 1.69. The number of benzene rings is 2. The minimum absolute atomic E-state index is 0.130. The Morgan fingerprint density at radius 2 is 2.00 bits per heavy atom. The molecule has 2 N–H and O–H groups in total. The number of carbonyl (C=O) groups is 1. The van der Waals surface area contributed by atoms with E-state index in [1.54, 1.807) is 7.11 Å². The van der Waals surface area contributed by atoms with Crippen molar-refractivity contribution in [2.75, 3.05) is 26.9 Å². The smallest absolute Gasteiger partial charge is 0.267 e. The molecule has 0 aliphatic carbocycles. The van der Waals surface area contributed by atoms with Crippen molar-refractivity contribution in [3.8, 4) is 5.75 Å². The van der Waals surface area contributed by atoms with Crippen LogP contribution in [-0.2, 0) is 10.2 Å². The van der Waals surface area contributed by atoms with E-state index in [4.69, 9.17) is 21.1 Å². The molecule has 1 amide bonds. The van der Waals surface area contributed by atoms with E-state index in [2.05, 4.69) is 23.3 Å². The Hall–Kier alpha value is -2.50. The molecular formula is C23H25ClN2O3. The molecule has 6 heteroatoms. The maximum atomic E-state index is 12.9. The van der Waals surface area contributed by atoms with Crippen LogP contribution in [0.4, 0.5) is 0 Å². The number of ether oxygens (including phenoxy) is 2. The summed E-state index contributed by atoms with van der Waals surface area (Å²) in [4.78, 5) is 16.1. The maximum Gasteiger partial charge on any atom is 0.267 e. The third-order valence-corrected chi connectivity index (χ3v) is 6.03. The lowest BCUT2D eigenvalue weighted by atomic mass is 9.73. The monoisotopic (exact) mass is 412 g/mol. The van der Waals surface area contributed by atoms with Crippen molar-refractivity contribution in [2.24, 2.45) is 0 Å². The van der Waals surface area contributed by atoms with Crippen molar-refractivity contribution in [3.05, 3.63) is 64.3 Å². The van der Waals surface area contributed by atoms with Gasteiger partial charge in [0.15, 0.2) is 0 Å². The summed E-state index contributed by atoms with van der Waals surface area (Å²) in [6, 6.07) is 13.6. The molecular weight excluding hydrogens is 388 g/mol. The van der Waals surface area contributed by atoms with Crippen molar-refractivity contribution < 1.29 is 14.3 Å². The Bertz CT molecular complexity index is 1040. The van der Waals surface area contributed by atoms with Crippen molar-refractivity contribution >= 4 is 28.4 Å². The number of methoxy groups -OCH3 is 1. The second-order valence-corrected chi connectivity index (χ2v) is 8.13. The average Bonchev–Trinajstić information content (AvgIpc) is 3.16. The number of fused-ring (bicyclic) bond motifs is 1. The van der Waals surface area contributed by atoms with E-state index in [1.807, 2.05) is 36.4 Å². The fourth-order valence-corrected chi connectivity index (χ4v) is 4.28. The minimum Gasteiger partial charge on any atom is -0.496 e. The fraction of sp³-hybridized carbons (Fsp3) is 0.348. The molecule has 1 fully saturated rings. The molecule has 0 unspecified atom stereocenters. The Balaban J connectivity index is 1.60. The van der Waals surface area contributed by atoms with Crippen LogP contribution < -0.4 is 10.1 Å². The highest BCUT2D eigenvalue weighted by atomic mass is 35.5. The molecule has 1 aromatic heterocycles. The number of nitrogens with one attached hydrogen (secondary N) is 2. The SMILES string of the molecule is COc1ccc(C)cc1C1(CNC(=O)c2cc3ccc(Cl)cc3[nH]2)CCOCC1. The van der Waals surface area contributed by atoms with Gasteiger partial charge in [0.25, 0.3) is 5.91 Å². The van der Waals surface area contributed by atoms with Crippen LogP contribution in [0.2, 0.25) is 5.02 Å². The Kier molecular flexibility index (Phi) is 5.52. The molecule has 2 heterocycles. The Morgan fingerprint density at radius 1 is 1.21 bits per heavy atom. The van der Waals surface area contributed by atoms with Crippen molar-refractivity contribution in [1.29, 1.82) is 0 Å². The molecule has 29 heavy (non-hydrogen) atoms. The summed E-state index contributed by atoms with van der Waals surface area (Å²) in [6.45, 7) is 3.92. The molecule has 0 saturated carbocycles. The summed E-state index contributed by atoms with van der Waals surface area (Å²) in [5, 5.41) is 4.74. The number of rotatable bonds is 5. The first-order chi connectivity index (χ1) is 14.0. The zero-order valence-corrected chi connectivity index (χ0v) is 17.4. The minimum atomic E-state index is -0.222. The first-order valence-corrected chi connectivity index (χ1v) is 10.2. The molecule has 1 aliphatic rings. The molecule has 152 valence electrons. The molecule has 1 aliphatic heterocycles. The van der Waals surface area contributed by atoms with Gasteiger partial charge in [-0.25, -0.2) is 0 Å². The van der Waals surface area contributed by atoms with Crippen LogP contribution >= 0.6 is 11.6 Å². The first kappa shape index (κ1) is 19.8. The lowest BCUT2D eigenvalue weighted by Gasteiger charge is -2.38. The van der Waals surface area contributed by atoms with Crippen molar-refractivity contribution in [2.45, 2.75) is 25.2 Å².